The first-order valence-corrected chi connectivity index (χ1v) is 7.92. The van der Waals surface area contributed by atoms with Crippen LogP contribution in [0, 0.1) is 12.8 Å². The predicted octanol–water partition coefficient (Wildman–Crippen LogP) is 4.31. The first kappa shape index (κ1) is 18.5. The van der Waals surface area contributed by atoms with Crippen LogP contribution >= 0.6 is 11.6 Å². The smallest absolute Gasteiger partial charge is 0.311 e. The van der Waals surface area contributed by atoms with Crippen LogP contribution < -0.4 is 4.74 Å². The molecule has 0 aromatic heterocycles. The fourth-order valence-corrected chi connectivity index (χ4v) is 1.84. The number of hydrogen-bond donors (Lipinski definition) is 0. The van der Waals surface area contributed by atoms with Gasteiger partial charge in [0.05, 0.1) is 19.4 Å². The van der Waals surface area contributed by atoms with Crippen LogP contribution in [0.25, 0.3) is 0 Å². The maximum Gasteiger partial charge on any atom is 0.311 e. The van der Waals surface area contributed by atoms with Crippen molar-refractivity contribution in [2.45, 2.75) is 46.5 Å². The second-order valence-corrected chi connectivity index (χ2v) is 5.81. The molecular formula is C17H23ClO4. The highest BCUT2D eigenvalue weighted by Gasteiger charge is 2.11. The van der Waals surface area contributed by atoms with E-state index in [4.69, 9.17) is 21.1 Å². The molecule has 1 aromatic carbocycles. The lowest BCUT2D eigenvalue weighted by atomic mass is 10.1. The molecule has 0 aliphatic rings. The normalized spacial score (nSPS) is 11.8. The van der Waals surface area contributed by atoms with Gasteiger partial charge >= 0.3 is 11.9 Å². The van der Waals surface area contributed by atoms with E-state index in [1.54, 1.807) is 18.2 Å². The van der Waals surface area contributed by atoms with Gasteiger partial charge in [-0.25, -0.2) is 0 Å². The number of aryl methyl sites for hydroxylation is 1. The second-order valence-electron chi connectivity index (χ2n) is 5.41. The van der Waals surface area contributed by atoms with Gasteiger partial charge in [0.25, 0.3) is 0 Å². The number of benzene rings is 1. The van der Waals surface area contributed by atoms with E-state index in [1.807, 2.05) is 6.92 Å². The van der Waals surface area contributed by atoms with Gasteiger partial charge < -0.3 is 9.47 Å². The summed E-state index contributed by atoms with van der Waals surface area (Å²) in [4.78, 5) is 23.2. The van der Waals surface area contributed by atoms with Gasteiger partial charge in [-0.15, -0.1) is 0 Å². The summed E-state index contributed by atoms with van der Waals surface area (Å²) < 4.78 is 10.2. The van der Waals surface area contributed by atoms with Crippen molar-refractivity contribution < 1.29 is 19.1 Å². The molecule has 0 saturated carbocycles. The number of hydrogen-bond acceptors (Lipinski definition) is 4. The molecule has 1 rings (SSSR count). The molecule has 0 N–H and O–H groups in total. The molecular weight excluding hydrogens is 304 g/mol. The topological polar surface area (TPSA) is 52.6 Å². The summed E-state index contributed by atoms with van der Waals surface area (Å²) in [5.74, 6) is 0.135. The predicted molar refractivity (Wildman–Crippen MR) is 86.1 cm³/mol. The van der Waals surface area contributed by atoms with Gasteiger partial charge in [0.1, 0.15) is 5.75 Å². The first-order valence-electron chi connectivity index (χ1n) is 7.54. The summed E-state index contributed by atoms with van der Waals surface area (Å²) in [6.45, 7) is 6.44. The lowest BCUT2D eigenvalue weighted by Crippen LogP contribution is -2.13. The van der Waals surface area contributed by atoms with Crippen molar-refractivity contribution >= 4 is 23.5 Å². The van der Waals surface area contributed by atoms with E-state index in [0.717, 1.165) is 18.4 Å². The Balaban J connectivity index is 2.27. The Morgan fingerprint density at radius 1 is 1.23 bits per heavy atom. The summed E-state index contributed by atoms with van der Waals surface area (Å²) >= 11 is 5.90. The van der Waals surface area contributed by atoms with E-state index in [2.05, 4.69) is 13.8 Å². The number of carbonyl (C=O) groups is 2. The van der Waals surface area contributed by atoms with Gasteiger partial charge in [-0.05, 0) is 43.0 Å². The van der Waals surface area contributed by atoms with Gasteiger partial charge in [0, 0.05) is 5.02 Å². The number of carbonyl (C=O) groups excluding carboxylic acids is 2. The van der Waals surface area contributed by atoms with Crippen molar-refractivity contribution in [1.29, 1.82) is 0 Å². The summed E-state index contributed by atoms with van der Waals surface area (Å²) in [6, 6.07) is 4.98. The third-order valence-corrected chi connectivity index (χ3v) is 3.89. The molecule has 0 aliphatic carbocycles. The van der Waals surface area contributed by atoms with Crippen molar-refractivity contribution in [2.75, 3.05) is 6.61 Å². The van der Waals surface area contributed by atoms with E-state index >= 15 is 0 Å². The Bertz CT molecular complexity index is 513. The molecule has 0 heterocycles. The molecule has 0 bridgehead atoms. The zero-order chi connectivity index (χ0) is 16.5. The average Bonchev–Trinajstić information content (AvgIpc) is 2.48. The molecule has 0 fully saturated rings. The van der Waals surface area contributed by atoms with E-state index in [-0.39, 0.29) is 18.8 Å². The average molecular weight is 327 g/mol. The molecule has 1 atom stereocenters. The standard InChI is InChI=1S/C17H23ClO4/c1-4-12(2)9-10-21-16(19)7-8-17(20)22-14-5-6-15(18)13(3)11-14/h5-6,11-12H,4,7-10H2,1-3H3. The Morgan fingerprint density at radius 2 is 1.91 bits per heavy atom. The molecule has 1 unspecified atom stereocenters. The minimum atomic E-state index is -0.458. The SMILES string of the molecule is CCC(C)CCOC(=O)CCC(=O)Oc1ccc(Cl)c(C)c1. The van der Waals surface area contributed by atoms with E-state index in [9.17, 15) is 9.59 Å². The fraction of sp³-hybridized carbons (Fsp3) is 0.529. The molecule has 5 heteroatoms. The number of halogens is 1. The minimum Gasteiger partial charge on any atom is -0.466 e. The van der Waals surface area contributed by atoms with Crippen molar-refractivity contribution in [3.05, 3.63) is 28.8 Å². The number of esters is 2. The molecule has 0 saturated heterocycles. The maximum absolute atomic E-state index is 11.7. The van der Waals surface area contributed by atoms with Gasteiger partial charge in [-0.2, -0.15) is 0 Å². The Kier molecular flexibility index (Phi) is 7.96. The second kappa shape index (κ2) is 9.46. The van der Waals surface area contributed by atoms with Crippen LogP contribution in [-0.4, -0.2) is 18.5 Å². The van der Waals surface area contributed by atoms with Crippen molar-refractivity contribution in [2.24, 2.45) is 5.92 Å². The summed E-state index contributed by atoms with van der Waals surface area (Å²) in [7, 11) is 0. The van der Waals surface area contributed by atoms with Crippen LogP contribution in [-0.2, 0) is 14.3 Å². The van der Waals surface area contributed by atoms with E-state index in [0.29, 0.717) is 23.3 Å². The monoisotopic (exact) mass is 326 g/mol. The third kappa shape index (κ3) is 6.94. The summed E-state index contributed by atoms with van der Waals surface area (Å²) in [5, 5.41) is 0.615. The summed E-state index contributed by atoms with van der Waals surface area (Å²) in [5.41, 5.74) is 0.830. The van der Waals surface area contributed by atoms with E-state index in [1.165, 1.54) is 0 Å². The third-order valence-electron chi connectivity index (χ3n) is 3.46. The molecule has 0 radical (unpaired) electrons. The van der Waals surface area contributed by atoms with Crippen LogP contribution in [0.2, 0.25) is 5.02 Å². The number of rotatable bonds is 8. The highest BCUT2D eigenvalue weighted by atomic mass is 35.5. The van der Waals surface area contributed by atoms with Gasteiger partial charge in [0.15, 0.2) is 0 Å². The molecule has 22 heavy (non-hydrogen) atoms. The zero-order valence-electron chi connectivity index (χ0n) is 13.4. The molecule has 0 spiro atoms. The van der Waals surface area contributed by atoms with Crippen molar-refractivity contribution in [1.82, 2.24) is 0 Å². The van der Waals surface area contributed by atoms with Crippen LogP contribution in [0.3, 0.4) is 0 Å². The fourth-order valence-electron chi connectivity index (χ4n) is 1.72. The van der Waals surface area contributed by atoms with Crippen LogP contribution in [0.4, 0.5) is 0 Å². The highest BCUT2D eigenvalue weighted by Crippen LogP contribution is 2.21. The van der Waals surface area contributed by atoms with Gasteiger partial charge in [-0.1, -0.05) is 31.9 Å². The Labute approximate surface area is 136 Å². The highest BCUT2D eigenvalue weighted by molar-refractivity contribution is 6.31. The van der Waals surface area contributed by atoms with Crippen molar-refractivity contribution in [3.8, 4) is 5.75 Å². The van der Waals surface area contributed by atoms with Gasteiger partial charge in [0.2, 0.25) is 0 Å². The summed E-state index contributed by atoms with van der Waals surface area (Å²) in [6.07, 6.45) is 1.94. The molecule has 1 aromatic rings. The lowest BCUT2D eigenvalue weighted by molar-refractivity contribution is -0.147. The number of ether oxygens (including phenoxy) is 2. The molecule has 0 aliphatic heterocycles. The van der Waals surface area contributed by atoms with E-state index < -0.39 is 5.97 Å². The Morgan fingerprint density at radius 3 is 2.55 bits per heavy atom. The molecule has 4 nitrogen and oxygen atoms in total. The first-order chi connectivity index (χ1) is 10.4. The zero-order valence-corrected chi connectivity index (χ0v) is 14.1. The molecule has 122 valence electrons. The van der Waals surface area contributed by atoms with Crippen LogP contribution in [0.15, 0.2) is 18.2 Å². The van der Waals surface area contributed by atoms with Crippen LogP contribution in [0.5, 0.6) is 5.75 Å². The quantitative estimate of drug-likeness (QED) is 0.527. The maximum atomic E-state index is 11.7. The lowest BCUT2D eigenvalue weighted by Gasteiger charge is -2.09. The van der Waals surface area contributed by atoms with Crippen LogP contribution in [0.1, 0.15) is 45.1 Å². The molecule has 0 amide bonds. The largest absolute Gasteiger partial charge is 0.466 e. The Hall–Kier alpha value is -1.55. The van der Waals surface area contributed by atoms with Gasteiger partial charge in [-0.3, -0.25) is 9.59 Å². The van der Waals surface area contributed by atoms with Crippen molar-refractivity contribution in [3.63, 3.8) is 0 Å². The minimum absolute atomic E-state index is 0.00381.